The minimum Gasteiger partial charge on any atom is -0.349 e. The first-order valence-electron chi connectivity index (χ1n) is 5.96. The fourth-order valence-corrected chi connectivity index (χ4v) is 2.35. The monoisotopic (exact) mass is 297 g/mol. The zero-order valence-electron chi connectivity index (χ0n) is 11.8. The number of amides is 1. The number of carbonyl (C=O) groups excluding carboxylic acids is 1. The molecule has 0 aliphatic rings. The second-order valence-electron chi connectivity index (χ2n) is 4.30. The van der Waals surface area contributed by atoms with Crippen LogP contribution in [0, 0.1) is 0 Å². The molecule has 0 aliphatic carbocycles. The van der Waals surface area contributed by atoms with E-state index in [1.165, 1.54) is 21.1 Å². The Hall–Kier alpha value is -1.86. The number of carbonyl (C=O) groups is 1. The highest BCUT2D eigenvalue weighted by Gasteiger charge is 2.20. The number of nitrogens with one attached hydrogen (secondary N) is 1. The van der Waals surface area contributed by atoms with Gasteiger partial charge in [0, 0.05) is 33.3 Å². The van der Waals surface area contributed by atoms with Gasteiger partial charge in [-0.1, -0.05) is 6.08 Å². The van der Waals surface area contributed by atoms with Crippen LogP contribution in [0.1, 0.15) is 10.4 Å². The van der Waals surface area contributed by atoms with Gasteiger partial charge in [-0.25, -0.2) is 0 Å². The molecular formula is C13H19N3O3S. The van der Waals surface area contributed by atoms with Crippen LogP contribution in [0.3, 0.4) is 0 Å². The number of hydrogen-bond acceptors (Lipinski definition) is 3. The maximum atomic E-state index is 12.0. The summed E-state index contributed by atoms with van der Waals surface area (Å²) in [6, 6.07) is 6.33. The normalized spacial score (nSPS) is 11.2. The summed E-state index contributed by atoms with van der Waals surface area (Å²) in [5.74, 6) is -0.227. The molecule has 0 saturated heterocycles. The van der Waals surface area contributed by atoms with Gasteiger partial charge < -0.3 is 5.32 Å². The molecule has 1 N–H and O–H groups in total. The van der Waals surface area contributed by atoms with Gasteiger partial charge >= 0.3 is 10.2 Å². The molecule has 0 saturated carbocycles. The van der Waals surface area contributed by atoms with Crippen LogP contribution in [0.15, 0.2) is 36.9 Å². The van der Waals surface area contributed by atoms with Crippen molar-refractivity contribution in [3.63, 3.8) is 0 Å². The summed E-state index contributed by atoms with van der Waals surface area (Å²) in [6.07, 6.45) is 1.59. The van der Waals surface area contributed by atoms with Crippen molar-refractivity contribution in [2.45, 2.75) is 0 Å². The summed E-state index contributed by atoms with van der Waals surface area (Å²) in [6.45, 7) is 3.90. The standard InChI is InChI=1S/C13H19N3O3S/c1-5-10-14-13(17)11-6-8-12(9-7-11)16(4)20(18,19)15(2)3/h5-9H,1,10H2,2-4H3,(H,14,17). The van der Waals surface area contributed by atoms with Crippen molar-refractivity contribution in [3.05, 3.63) is 42.5 Å². The van der Waals surface area contributed by atoms with Crippen molar-refractivity contribution in [3.8, 4) is 0 Å². The molecular weight excluding hydrogens is 278 g/mol. The number of rotatable bonds is 6. The van der Waals surface area contributed by atoms with Crippen LogP contribution in [0.25, 0.3) is 0 Å². The van der Waals surface area contributed by atoms with E-state index in [0.717, 1.165) is 8.61 Å². The number of anilines is 1. The van der Waals surface area contributed by atoms with E-state index in [1.54, 1.807) is 30.3 Å². The highest BCUT2D eigenvalue weighted by molar-refractivity contribution is 7.90. The molecule has 6 nitrogen and oxygen atoms in total. The minimum absolute atomic E-state index is 0.227. The average Bonchev–Trinajstić information content (AvgIpc) is 2.43. The number of hydrogen-bond donors (Lipinski definition) is 1. The predicted molar refractivity (Wildman–Crippen MR) is 80.0 cm³/mol. The summed E-state index contributed by atoms with van der Waals surface area (Å²) >= 11 is 0. The molecule has 110 valence electrons. The topological polar surface area (TPSA) is 69.7 Å². The van der Waals surface area contributed by atoms with Gasteiger partial charge in [0.15, 0.2) is 0 Å². The lowest BCUT2D eigenvalue weighted by Gasteiger charge is -2.23. The molecule has 0 atom stereocenters. The van der Waals surface area contributed by atoms with E-state index >= 15 is 0 Å². The molecule has 0 fully saturated rings. The summed E-state index contributed by atoms with van der Waals surface area (Å²) in [5.41, 5.74) is 0.949. The van der Waals surface area contributed by atoms with Gasteiger partial charge in [0.05, 0.1) is 5.69 Å². The molecule has 1 rings (SSSR count). The molecule has 0 heterocycles. The van der Waals surface area contributed by atoms with Crippen molar-refractivity contribution < 1.29 is 13.2 Å². The Bertz CT molecular complexity index is 579. The first-order chi connectivity index (χ1) is 9.30. The molecule has 0 radical (unpaired) electrons. The highest BCUT2D eigenvalue weighted by atomic mass is 32.2. The first kappa shape index (κ1) is 16.2. The summed E-state index contributed by atoms with van der Waals surface area (Å²) in [4.78, 5) is 11.7. The van der Waals surface area contributed by atoms with Crippen LogP contribution in [-0.4, -0.2) is 46.3 Å². The summed E-state index contributed by atoms with van der Waals surface area (Å²) in [5, 5.41) is 2.65. The Morgan fingerprint density at radius 3 is 2.25 bits per heavy atom. The fraction of sp³-hybridized carbons (Fsp3) is 0.308. The Labute approximate surface area is 119 Å². The molecule has 0 bridgehead atoms. The smallest absolute Gasteiger partial charge is 0.303 e. The van der Waals surface area contributed by atoms with Crippen LogP contribution in [-0.2, 0) is 10.2 Å². The van der Waals surface area contributed by atoms with E-state index < -0.39 is 10.2 Å². The van der Waals surface area contributed by atoms with Gasteiger partial charge in [-0.15, -0.1) is 6.58 Å². The van der Waals surface area contributed by atoms with Crippen LogP contribution >= 0.6 is 0 Å². The second-order valence-corrected chi connectivity index (χ2v) is 6.48. The second kappa shape index (κ2) is 6.53. The molecule has 1 aromatic carbocycles. The lowest BCUT2D eigenvalue weighted by molar-refractivity contribution is 0.0958. The summed E-state index contributed by atoms with van der Waals surface area (Å²) in [7, 11) is 0.859. The largest absolute Gasteiger partial charge is 0.349 e. The van der Waals surface area contributed by atoms with Crippen LogP contribution < -0.4 is 9.62 Å². The Morgan fingerprint density at radius 2 is 1.80 bits per heavy atom. The maximum Gasteiger partial charge on any atom is 0.303 e. The molecule has 1 aromatic rings. The van der Waals surface area contributed by atoms with Crippen LogP contribution in [0.5, 0.6) is 0 Å². The SMILES string of the molecule is C=CCNC(=O)c1ccc(N(C)S(=O)(=O)N(C)C)cc1. The molecule has 0 unspecified atom stereocenters. The van der Waals surface area contributed by atoms with E-state index in [1.807, 2.05) is 0 Å². The van der Waals surface area contributed by atoms with Crippen LogP contribution in [0.4, 0.5) is 5.69 Å². The van der Waals surface area contributed by atoms with Crippen molar-refractivity contribution in [1.82, 2.24) is 9.62 Å². The first-order valence-corrected chi connectivity index (χ1v) is 7.36. The van der Waals surface area contributed by atoms with Gasteiger partial charge in [-0.3, -0.25) is 9.10 Å². The Morgan fingerprint density at radius 1 is 1.25 bits per heavy atom. The average molecular weight is 297 g/mol. The minimum atomic E-state index is -3.52. The number of nitrogens with zero attached hydrogens (tertiary/aromatic N) is 2. The Kier molecular flexibility index (Phi) is 5.29. The molecule has 20 heavy (non-hydrogen) atoms. The van der Waals surface area contributed by atoms with Gasteiger partial charge in [0.1, 0.15) is 0 Å². The molecule has 0 aliphatic heterocycles. The molecule has 0 spiro atoms. The van der Waals surface area contributed by atoms with E-state index in [9.17, 15) is 13.2 Å². The van der Waals surface area contributed by atoms with Crippen molar-refractivity contribution in [2.75, 3.05) is 32.0 Å². The van der Waals surface area contributed by atoms with E-state index in [4.69, 9.17) is 0 Å². The third-order valence-corrected chi connectivity index (χ3v) is 4.53. The van der Waals surface area contributed by atoms with E-state index in [2.05, 4.69) is 11.9 Å². The zero-order chi connectivity index (χ0) is 15.3. The van der Waals surface area contributed by atoms with E-state index in [-0.39, 0.29) is 5.91 Å². The van der Waals surface area contributed by atoms with Crippen LogP contribution in [0.2, 0.25) is 0 Å². The zero-order valence-corrected chi connectivity index (χ0v) is 12.6. The lowest BCUT2D eigenvalue weighted by Crippen LogP contribution is -2.37. The van der Waals surface area contributed by atoms with Crippen molar-refractivity contribution >= 4 is 21.8 Å². The predicted octanol–water partition coefficient (Wildman–Crippen LogP) is 0.845. The van der Waals surface area contributed by atoms with Gasteiger partial charge in [0.25, 0.3) is 5.91 Å². The molecule has 0 aromatic heterocycles. The summed E-state index contributed by atoms with van der Waals surface area (Å²) < 4.78 is 26.2. The van der Waals surface area contributed by atoms with E-state index in [0.29, 0.717) is 17.8 Å². The third kappa shape index (κ3) is 3.58. The maximum absolute atomic E-state index is 12.0. The number of benzene rings is 1. The third-order valence-electron chi connectivity index (χ3n) is 2.71. The highest BCUT2D eigenvalue weighted by Crippen LogP contribution is 2.18. The van der Waals surface area contributed by atoms with Crippen molar-refractivity contribution in [2.24, 2.45) is 0 Å². The molecule has 7 heteroatoms. The van der Waals surface area contributed by atoms with Gasteiger partial charge in [0.2, 0.25) is 0 Å². The quantitative estimate of drug-likeness (QED) is 0.791. The van der Waals surface area contributed by atoms with Crippen molar-refractivity contribution in [1.29, 1.82) is 0 Å². The lowest BCUT2D eigenvalue weighted by atomic mass is 10.2. The van der Waals surface area contributed by atoms with Gasteiger partial charge in [-0.05, 0) is 24.3 Å². The van der Waals surface area contributed by atoms with Gasteiger partial charge in [-0.2, -0.15) is 12.7 Å². The molecule has 1 amide bonds. The Balaban J connectivity index is 2.92. The fourth-order valence-electron chi connectivity index (χ4n) is 1.47.